The molecule has 5 rings (SSSR count). The molecule has 0 atom stereocenters. The fourth-order valence-corrected chi connectivity index (χ4v) is 4.73. The number of benzene rings is 3. The zero-order chi connectivity index (χ0) is 22.1. The van der Waals surface area contributed by atoms with E-state index in [-0.39, 0.29) is 11.8 Å². The normalized spacial score (nSPS) is 16.1. The Hall–Kier alpha value is -3.60. The van der Waals surface area contributed by atoms with E-state index in [0.717, 1.165) is 49.4 Å². The second-order valence-corrected chi connectivity index (χ2v) is 8.69. The summed E-state index contributed by atoms with van der Waals surface area (Å²) in [6.07, 6.45) is 3.10. The standard InChI is InChI=1S/C27H27N3O2/c1-29-25-18-21(11-12-24(25)28-23-10-6-5-9-22(23)27(29)32)26(31)30-15-13-20(14-16-30)17-19-7-3-2-4-8-19/h2-12,18,20,28H,13-17H2,1H3. The fourth-order valence-electron chi connectivity index (χ4n) is 4.73. The molecule has 0 unspecified atom stereocenters. The second-order valence-electron chi connectivity index (χ2n) is 8.69. The van der Waals surface area contributed by atoms with E-state index in [4.69, 9.17) is 0 Å². The van der Waals surface area contributed by atoms with Gasteiger partial charge in [-0.25, -0.2) is 0 Å². The molecule has 0 aliphatic carbocycles. The Balaban J connectivity index is 1.30. The monoisotopic (exact) mass is 425 g/mol. The Morgan fingerprint density at radius 2 is 1.66 bits per heavy atom. The number of nitrogens with one attached hydrogen (secondary N) is 1. The topological polar surface area (TPSA) is 52.7 Å². The van der Waals surface area contributed by atoms with Crippen LogP contribution in [0.4, 0.5) is 17.1 Å². The van der Waals surface area contributed by atoms with Crippen LogP contribution in [0.3, 0.4) is 0 Å². The zero-order valence-corrected chi connectivity index (χ0v) is 18.3. The van der Waals surface area contributed by atoms with Gasteiger partial charge in [-0.15, -0.1) is 0 Å². The molecule has 3 aromatic carbocycles. The summed E-state index contributed by atoms with van der Waals surface area (Å²) < 4.78 is 0. The number of para-hydroxylation sites is 1. The third-order valence-corrected chi connectivity index (χ3v) is 6.61. The molecule has 1 N–H and O–H groups in total. The van der Waals surface area contributed by atoms with Crippen LogP contribution < -0.4 is 10.2 Å². The SMILES string of the molecule is CN1C(=O)c2ccccc2Nc2ccc(C(=O)N3CCC(Cc4ccccc4)CC3)cc21. The Kier molecular flexibility index (Phi) is 5.39. The van der Waals surface area contributed by atoms with Crippen molar-refractivity contribution in [2.45, 2.75) is 19.3 Å². The molecule has 3 aromatic rings. The van der Waals surface area contributed by atoms with Gasteiger partial charge in [-0.2, -0.15) is 0 Å². The molecule has 162 valence electrons. The van der Waals surface area contributed by atoms with Gasteiger partial charge in [-0.05, 0) is 61.1 Å². The highest BCUT2D eigenvalue weighted by Gasteiger charge is 2.27. The number of anilines is 3. The third-order valence-electron chi connectivity index (χ3n) is 6.61. The van der Waals surface area contributed by atoms with Gasteiger partial charge in [0.25, 0.3) is 11.8 Å². The first kappa shape index (κ1) is 20.3. The van der Waals surface area contributed by atoms with Crippen LogP contribution in [-0.2, 0) is 6.42 Å². The lowest BCUT2D eigenvalue weighted by molar-refractivity contribution is 0.0690. The van der Waals surface area contributed by atoms with Crippen molar-refractivity contribution in [3.63, 3.8) is 0 Å². The molecular weight excluding hydrogens is 398 g/mol. The highest BCUT2D eigenvalue weighted by molar-refractivity contribution is 6.14. The molecule has 2 amide bonds. The quantitative estimate of drug-likeness (QED) is 0.634. The maximum atomic E-state index is 13.2. The van der Waals surface area contributed by atoms with Crippen LogP contribution in [0.15, 0.2) is 72.8 Å². The molecule has 32 heavy (non-hydrogen) atoms. The number of hydrogen-bond acceptors (Lipinski definition) is 3. The number of amides is 2. The minimum atomic E-state index is -0.0850. The number of carbonyl (C=O) groups is 2. The summed E-state index contributed by atoms with van der Waals surface area (Å²) >= 11 is 0. The van der Waals surface area contributed by atoms with Crippen molar-refractivity contribution in [2.75, 3.05) is 30.4 Å². The van der Waals surface area contributed by atoms with Crippen LogP contribution in [-0.4, -0.2) is 36.9 Å². The summed E-state index contributed by atoms with van der Waals surface area (Å²) in [5.74, 6) is 0.562. The highest BCUT2D eigenvalue weighted by atomic mass is 16.2. The van der Waals surface area contributed by atoms with Gasteiger partial charge in [0, 0.05) is 25.7 Å². The summed E-state index contributed by atoms with van der Waals surface area (Å²) in [6, 6.07) is 23.6. The number of rotatable bonds is 3. The molecule has 2 aliphatic heterocycles. The summed E-state index contributed by atoms with van der Waals surface area (Å²) in [5.41, 5.74) is 4.93. The van der Waals surface area contributed by atoms with Gasteiger partial charge in [0.2, 0.25) is 0 Å². The van der Waals surface area contributed by atoms with E-state index in [1.807, 2.05) is 53.4 Å². The predicted molar refractivity (Wildman–Crippen MR) is 128 cm³/mol. The van der Waals surface area contributed by atoms with Crippen LogP contribution in [0.5, 0.6) is 0 Å². The molecule has 0 bridgehead atoms. The summed E-state index contributed by atoms with van der Waals surface area (Å²) in [7, 11) is 1.76. The molecule has 1 saturated heterocycles. The average Bonchev–Trinajstić information content (AvgIpc) is 2.94. The van der Waals surface area contributed by atoms with E-state index >= 15 is 0 Å². The number of hydrogen-bond donors (Lipinski definition) is 1. The molecule has 5 heteroatoms. The Bertz CT molecular complexity index is 1150. The number of nitrogens with zero attached hydrogens (tertiary/aromatic N) is 2. The van der Waals surface area contributed by atoms with Crippen molar-refractivity contribution >= 4 is 28.9 Å². The van der Waals surface area contributed by atoms with Crippen LogP contribution >= 0.6 is 0 Å². The van der Waals surface area contributed by atoms with Gasteiger partial charge in [-0.1, -0.05) is 42.5 Å². The first-order chi connectivity index (χ1) is 15.6. The number of carbonyl (C=O) groups excluding carboxylic acids is 2. The molecular formula is C27H27N3O2. The third kappa shape index (κ3) is 3.86. The highest BCUT2D eigenvalue weighted by Crippen LogP contribution is 2.36. The van der Waals surface area contributed by atoms with Crippen LogP contribution in [0, 0.1) is 5.92 Å². The van der Waals surface area contributed by atoms with E-state index in [1.165, 1.54) is 5.56 Å². The molecule has 0 radical (unpaired) electrons. The summed E-state index contributed by atoms with van der Waals surface area (Å²) in [6.45, 7) is 1.54. The first-order valence-electron chi connectivity index (χ1n) is 11.2. The lowest BCUT2D eigenvalue weighted by Crippen LogP contribution is -2.39. The van der Waals surface area contributed by atoms with Gasteiger partial charge in [0.05, 0.1) is 22.6 Å². The van der Waals surface area contributed by atoms with Crippen molar-refractivity contribution in [3.05, 3.63) is 89.5 Å². The Labute approximate surface area is 188 Å². The number of piperidine rings is 1. The number of fused-ring (bicyclic) bond motifs is 2. The van der Waals surface area contributed by atoms with Crippen LogP contribution in [0.2, 0.25) is 0 Å². The van der Waals surface area contributed by atoms with Gasteiger partial charge in [0.1, 0.15) is 0 Å². The van der Waals surface area contributed by atoms with E-state index in [1.54, 1.807) is 11.9 Å². The van der Waals surface area contributed by atoms with Crippen molar-refractivity contribution in [1.82, 2.24) is 4.90 Å². The van der Waals surface area contributed by atoms with Crippen molar-refractivity contribution in [2.24, 2.45) is 5.92 Å². The largest absolute Gasteiger partial charge is 0.353 e. The van der Waals surface area contributed by atoms with Crippen LogP contribution in [0.1, 0.15) is 39.1 Å². The predicted octanol–water partition coefficient (Wildman–Crippen LogP) is 5.12. The Morgan fingerprint density at radius 3 is 2.44 bits per heavy atom. The molecule has 0 saturated carbocycles. The average molecular weight is 426 g/mol. The maximum Gasteiger partial charge on any atom is 0.260 e. The molecule has 2 aliphatic rings. The summed E-state index contributed by atoms with van der Waals surface area (Å²) in [5, 5.41) is 3.35. The van der Waals surface area contributed by atoms with E-state index in [2.05, 4.69) is 29.6 Å². The minimum absolute atomic E-state index is 0.0357. The summed E-state index contributed by atoms with van der Waals surface area (Å²) in [4.78, 5) is 29.8. The van der Waals surface area contributed by atoms with Crippen molar-refractivity contribution in [3.8, 4) is 0 Å². The van der Waals surface area contributed by atoms with Gasteiger partial charge in [0.15, 0.2) is 0 Å². The smallest absolute Gasteiger partial charge is 0.260 e. The maximum absolute atomic E-state index is 13.2. The van der Waals surface area contributed by atoms with Crippen molar-refractivity contribution in [1.29, 1.82) is 0 Å². The molecule has 2 heterocycles. The van der Waals surface area contributed by atoms with E-state index < -0.39 is 0 Å². The fraction of sp³-hybridized carbons (Fsp3) is 0.259. The van der Waals surface area contributed by atoms with Gasteiger partial charge < -0.3 is 15.1 Å². The molecule has 5 nitrogen and oxygen atoms in total. The molecule has 0 spiro atoms. The molecule has 0 aromatic heterocycles. The minimum Gasteiger partial charge on any atom is -0.353 e. The zero-order valence-electron chi connectivity index (χ0n) is 18.3. The van der Waals surface area contributed by atoms with E-state index in [9.17, 15) is 9.59 Å². The lowest BCUT2D eigenvalue weighted by atomic mass is 9.90. The number of likely N-dealkylation sites (tertiary alicyclic amines) is 1. The van der Waals surface area contributed by atoms with Crippen LogP contribution in [0.25, 0.3) is 0 Å². The molecule has 1 fully saturated rings. The Morgan fingerprint density at radius 1 is 0.938 bits per heavy atom. The van der Waals surface area contributed by atoms with E-state index in [0.29, 0.717) is 17.0 Å². The lowest BCUT2D eigenvalue weighted by Gasteiger charge is -2.32. The van der Waals surface area contributed by atoms with Gasteiger partial charge >= 0.3 is 0 Å². The first-order valence-corrected chi connectivity index (χ1v) is 11.2. The van der Waals surface area contributed by atoms with Crippen molar-refractivity contribution < 1.29 is 9.59 Å². The second kappa shape index (κ2) is 8.50. The van der Waals surface area contributed by atoms with Gasteiger partial charge in [-0.3, -0.25) is 9.59 Å².